The molecule has 1 saturated heterocycles. The molecule has 8 heteroatoms. The van der Waals surface area contributed by atoms with Crippen LogP contribution in [-0.2, 0) is 17.8 Å². The molecule has 0 atom stereocenters. The van der Waals surface area contributed by atoms with Crippen molar-refractivity contribution in [1.29, 1.82) is 0 Å². The minimum atomic E-state index is -0.368. The minimum absolute atomic E-state index is 0.368. The molecule has 8 nitrogen and oxygen atoms in total. The summed E-state index contributed by atoms with van der Waals surface area (Å²) in [5, 5.41) is 4.08. The van der Waals surface area contributed by atoms with E-state index in [-0.39, 0.29) is 5.97 Å². The van der Waals surface area contributed by atoms with E-state index in [0.29, 0.717) is 23.8 Å². The van der Waals surface area contributed by atoms with Crippen LogP contribution >= 0.6 is 0 Å². The Hall–Kier alpha value is -3.10. The third kappa shape index (κ3) is 4.72. The molecule has 1 fully saturated rings. The van der Waals surface area contributed by atoms with Gasteiger partial charge >= 0.3 is 5.97 Å². The predicted octanol–water partition coefficient (Wildman–Crippen LogP) is 2.54. The molecular formula is C22H25N5O3. The second-order valence-electron chi connectivity index (χ2n) is 7.40. The Morgan fingerprint density at radius 1 is 1.07 bits per heavy atom. The Kier molecular flexibility index (Phi) is 6.15. The van der Waals surface area contributed by atoms with Crippen LogP contribution in [-0.4, -0.2) is 64.2 Å². The standard InChI is InChI=1S/C22H25N5O3/c1-16-4-3-9-23-19(16)14-26-10-12-27(13-11-26)15-20-24-21(25-30-20)17-5-7-18(8-6-17)22(28)29-2/h3-9H,10-15H2,1-2H3. The summed E-state index contributed by atoms with van der Waals surface area (Å²) in [4.78, 5) is 25.3. The molecule has 0 spiro atoms. The molecule has 1 aliphatic heterocycles. The number of carbonyl (C=O) groups excluding carboxylic acids is 1. The molecule has 1 aromatic carbocycles. The van der Waals surface area contributed by atoms with Crippen LogP contribution in [0, 0.1) is 6.92 Å². The van der Waals surface area contributed by atoms with E-state index in [0.717, 1.165) is 44.0 Å². The number of rotatable bonds is 6. The fourth-order valence-corrected chi connectivity index (χ4v) is 3.50. The molecule has 0 N–H and O–H groups in total. The van der Waals surface area contributed by atoms with Crippen LogP contribution in [0.15, 0.2) is 47.1 Å². The number of ether oxygens (including phenoxy) is 1. The summed E-state index contributed by atoms with van der Waals surface area (Å²) in [5.74, 6) is 0.745. The fourth-order valence-electron chi connectivity index (χ4n) is 3.50. The zero-order valence-electron chi connectivity index (χ0n) is 17.2. The lowest BCUT2D eigenvalue weighted by Crippen LogP contribution is -2.45. The molecule has 156 valence electrons. The average molecular weight is 407 g/mol. The lowest BCUT2D eigenvalue weighted by molar-refractivity contribution is 0.0600. The Balaban J connectivity index is 1.30. The Bertz CT molecular complexity index is 994. The van der Waals surface area contributed by atoms with Crippen LogP contribution in [0.2, 0.25) is 0 Å². The second-order valence-corrected chi connectivity index (χ2v) is 7.40. The highest BCUT2D eigenvalue weighted by Crippen LogP contribution is 2.18. The van der Waals surface area contributed by atoms with Crippen LogP contribution in [0.1, 0.15) is 27.5 Å². The van der Waals surface area contributed by atoms with Gasteiger partial charge in [-0.1, -0.05) is 23.4 Å². The molecule has 3 aromatic rings. The highest BCUT2D eigenvalue weighted by atomic mass is 16.5. The highest BCUT2D eigenvalue weighted by Gasteiger charge is 2.20. The van der Waals surface area contributed by atoms with Gasteiger partial charge in [0.1, 0.15) is 0 Å². The van der Waals surface area contributed by atoms with Crippen molar-refractivity contribution in [2.75, 3.05) is 33.3 Å². The Morgan fingerprint density at radius 2 is 1.77 bits per heavy atom. The van der Waals surface area contributed by atoms with Crippen LogP contribution < -0.4 is 0 Å². The van der Waals surface area contributed by atoms with Gasteiger partial charge in [0.05, 0.1) is 24.9 Å². The fraction of sp³-hybridized carbons (Fsp3) is 0.364. The van der Waals surface area contributed by atoms with E-state index in [9.17, 15) is 4.79 Å². The second kappa shape index (κ2) is 9.15. The number of benzene rings is 1. The minimum Gasteiger partial charge on any atom is -0.465 e. The topological polar surface area (TPSA) is 84.6 Å². The number of piperazine rings is 1. The van der Waals surface area contributed by atoms with Gasteiger partial charge in [-0.05, 0) is 30.7 Å². The number of esters is 1. The Labute approximate surface area is 175 Å². The number of nitrogens with zero attached hydrogens (tertiary/aromatic N) is 5. The van der Waals surface area contributed by atoms with E-state index in [1.54, 1.807) is 24.3 Å². The largest absolute Gasteiger partial charge is 0.465 e. The summed E-state index contributed by atoms with van der Waals surface area (Å²) < 4.78 is 10.2. The van der Waals surface area contributed by atoms with Crippen molar-refractivity contribution >= 4 is 5.97 Å². The van der Waals surface area contributed by atoms with E-state index in [1.807, 2.05) is 12.3 Å². The smallest absolute Gasteiger partial charge is 0.337 e. The monoisotopic (exact) mass is 407 g/mol. The maximum absolute atomic E-state index is 11.5. The number of aromatic nitrogens is 3. The van der Waals surface area contributed by atoms with Crippen LogP contribution in [0.25, 0.3) is 11.4 Å². The lowest BCUT2D eigenvalue weighted by atomic mass is 10.1. The number of hydrogen-bond acceptors (Lipinski definition) is 8. The van der Waals surface area contributed by atoms with E-state index >= 15 is 0 Å². The molecule has 0 amide bonds. The van der Waals surface area contributed by atoms with Crippen LogP contribution in [0.4, 0.5) is 0 Å². The van der Waals surface area contributed by atoms with Gasteiger partial charge in [-0.25, -0.2) is 4.79 Å². The van der Waals surface area contributed by atoms with E-state index in [1.165, 1.54) is 12.7 Å². The molecular weight excluding hydrogens is 382 g/mol. The molecule has 30 heavy (non-hydrogen) atoms. The van der Waals surface area contributed by atoms with Crippen molar-refractivity contribution in [3.8, 4) is 11.4 Å². The van der Waals surface area contributed by atoms with Gasteiger partial charge in [-0.2, -0.15) is 4.98 Å². The zero-order valence-corrected chi connectivity index (χ0v) is 17.2. The van der Waals surface area contributed by atoms with Gasteiger partial charge in [0.15, 0.2) is 0 Å². The van der Waals surface area contributed by atoms with Crippen molar-refractivity contribution in [3.63, 3.8) is 0 Å². The summed E-state index contributed by atoms with van der Waals surface area (Å²) >= 11 is 0. The SMILES string of the molecule is COC(=O)c1ccc(-c2noc(CN3CCN(Cc4ncccc4C)CC3)n2)cc1. The van der Waals surface area contributed by atoms with Gasteiger partial charge in [-0.15, -0.1) is 0 Å². The molecule has 0 unspecified atom stereocenters. The van der Waals surface area contributed by atoms with Crippen molar-refractivity contribution in [2.45, 2.75) is 20.0 Å². The first kappa shape index (κ1) is 20.2. The van der Waals surface area contributed by atoms with Crippen molar-refractivity contribution in [2.24, 2.45) is 0 Å². The number of hydrogen-bond donors (Lipinski definition) is 0. The lowest BCUT2D eigenvalue weighted by Gasteiger charge is -2.33. The number of methoxy groups -OCH3 is 1. The molecule has 0 aliphatic carbocycles. The molecule has 4 rings (SSSR count). The molecule has 0 radical (unpaired) electrons. The van der Waals surface area contributed by atoms with Crippen molar-refractivity contribution in [1.82, 2.24) is 24.9 Å². The number of carbonyl (C=O) groups is 1. The summed E-state index contributed by atoms with van der Waals surface area (Å²) in [7, 11) is 1.36. The first-order valence-corrected chi connectivity index (χ1v) is 9.99. The van der Waals surface area contributed by atoms with E-state index in [2.05, 4.69) is 37.9 Å². The molecule has 1 aliphatic rings. The van der Waals surface area contributed by atoms with E-state index in [4.69, 9.17) is 9.26 Å². The van der Waals surface area contributed by atoms with Gasteiger partial charge < -0.3 is 9.26 Å². The summed E-state index contributed by atoms with van der Waals surface area (Å²) in [5.41, 5.74) is 3.67. The van der Waals surface area contributed by atoms with Crippen molar-refractivity contribution < 1.29 is 14.1 Å². The van der Waals surface area contributed by atoms with Crippen molar-refractivity contribution in [3.05, 3.63) is 65.3 Å². The van der Waals surface area contributed by atoms with Crippen LogP contribution in [0.3, 0.4) is 0 Å². The van der Waals surface area contributed by atoms with E-state index < -0.39 is 0 Å². The number of aryl methyl sites for hydroxylation is 1. The van der Waals surface area contributed by atoms with Gasteiger partial charge in [-0.3, -0.25) is 14.8 Å². The average Bonchev–Trinajstić information content (AvgIpc) is 3.25. The molecule has 2 aromatic heterocycles. The summed E-state index contributed by atoms with van der Waals surface area (Å²) in [6.07, 6.45) is 1.86. The first-order valence-electron chi connectivity index (χ1n) is 9.99. The maximum atomic E-state index is 11.5. The maximum Gasteiger partial charge on any atom is 0.337 e. The Morgan fingerprint density at radius 3 is 2.43 bits per heavy atom. The molecule has 0 saturated carbocycles. The summed E-state index contributed by atoms with van der Waals surface area (Å²) in [6, 6.07) is 11.1. The number of pyridine rings is 1. The normalized spacial score (nSPS) is 15.3. The zero-order chi connectivity index (χ0) is 20.9. The molecule has 0 bridgehead atoms. The van der Waals surface area contributed by atoms with Gasteiger partial charge in [0.25, 0.3) is 0 Å². The van der Waals surface area contributed by atoms with Crippen LogP contribution in [0.5, 0.6) is 0 Å². The highest BCUT2D eigenvalue weighted by molar-refractivity contribution is 5.89. The third-order valence-electron chi connectivity index (χ3n) is 5.35. The first-order chi connectivity index (χ1) is 14.6. The quantitative estimate of drug-likeness (QED) is 0.577. The summed E-state index contributed by atoms with van der Waals surface area (Å²) in [6.45, 7) is 7.46. The predicted molar refractivity (Wildman–Crippen MR) is 111 cm³/mol. The molecule has 3 heterocycles. The van der Waals surface area contributed by atoms with Gasteiger partial charge in [0, 0.05) is 44.5 Å². The third-order valence-corrected chi connectivity index (χ3v) is 5.35. The van der Waals surface area contributed by atoms with Gasteiger partial charge in [0.2, 0.25) is 11.7 Å².